The van der Waals surface area contributed by atoms with Crippen molar-refractivity contribution in [1.82, 2.24) is 10.2 Å². The predicted molar refractivity (Wildman–Crippen MR) is 143 cm³/mol. The molecule has 38 heavy (non-hydrogen) atoms. The van der Waals surface area contributed by atoms with Crippen molar-refractivity contribution in [2.45, 2.75) is 44.6 Å². The van der Waals surface area contributed by atoms with Crippen molar-refractivity contribution < 1.29 is 29.0 Å². The van der Waals surface area contributed by atoms with Gasteiger partial charge in [0, 0.05) is 13.0 Å². The molecule has 4 rings (SSSR count). The van der Waals surface area contributed by atoms with Crippen molar-refractivity contribution >= 4 is 18.0 Å². The van der Waals surface area contributed by atoms with E-state index in [-0.39, 0.29) is 19.1 Å². The van der Waals surface area contributed by atoms with Crippen LogP contribution in [0.5, 0.6) is 0 Å². The minimum absolute atomic E-state index is 0.0847. The lowest BCUT2D eigenvalue weighted by atomic mass is 9.98. The number of alkyl carbamates (subject to hydrolysis) is 1. The highest BCUT2D eigenvalue weighted by Gasteiger charge is 2.35. The Hall–Kier alpha value is -4.17. The van der Waals surface area contributed by atoms with E-state index in [9.17, 15) is 19.5 Å². The molecule has 0 radical (unpaired) electrons. The zero-order chi connectivity index (χ0) is 27.2. The van der Waals surface area contributed by atoms with Crippen molar-refractivity contribution in [2.24, 2.45) is 0 Å². The maximum atomic E-state index is 13.3. The van der Waals surface area contributed by atoms with E-state index in [0.29, 0.717) is 0 Å². The highest BCUT2D eigenvalue weighted by Crippen LogP contribution is 2.44. The van der Waals surface area contributed by atoms with Crippen LogP contribution in [0.4, 0.5) is 4.79 Å². The van der Waals surface area contributed by atoms with Crippen LogP contribution in [0.25, 0.3) is 11.1 Å². The number of carbonyl (C=O) groups is 3. The zero-order valence-corrected chi connectivity index (χ0v) is 21.7. The fraction of sp³-hybridized carbons (Fsp3) is 0.300. The molecule has 3 aromatic carbocycles. The average molecular weight is 517 g/mol. The zero-order valence-electron chi connectivity index (χ0n) is 21.7. The fourth-order valence-electron chi connectivity index (χ4n) is 4.62. The summed E-state index contributed by atoms with van der Waals surface area (Å²) in [6.45, 7) is 3.37. The molecular weight excluding hydrogens is 484 g/mol. The molecule has 0 saturated heterocycles. The van der Waals surface area contributed by atoms with Gasteiger partial charge < -0.3 is 24.8 Å². The van der Waals surface area contributed by atoms with Crippen LogP contribution in [0.2, 0.25) is 0 Å². The number of carbonyl (C=O) groups excluding carboxylic acids is 2. The van der Waals surface area contributed by atoms with E-state index in [1.807, 2.05) is 78.9 Å². The van der Waals surface area contributed by atoms with Crippen LogP contribution in [0.1, 0.15) is 36.5 Å². The summed E-state index contributed by atoms with van der Waals surface area (Å²) in [6.07, 6.45) is -1.54. The number of amides is 2. The first-order valence-corrected chi connectivity index (χ1v) is 12.5. The van der Waals surface area contributed by atoms with E-state index < -0.39 is 36.2 Å². The number of hydrogen-bond acceptors (Lipinski definition) is 5. The number of aliphatic carboxylic acids is 1. The number of rotatable bonds is 10. The van der Waals surface area contributed by atoms with Crippen molar-refractivity contribution in [3.05, 3.63) is 95.6 Å². The van der Waals surface area contributed by atoms with E-state index >= 15 is 0 Å². The Balaban J connectivity index is 1.47. The summed E-state index contributed by atoms with van der Waals surface area (Å²) in [5.41, 5.74) is 5.26. The smallest absolute Gasteiger partial charge is 0.407 e. The van der Waals surface area contributed by atoms with Gasteiger partial charge in [-0.05, 0) is 41.7 Å². The summed E-state index contributed by atoms with van der Waals surface area (Å²) in [5, 5.41) is 12.0. The Morgan fingerprint density at radius 3 is 2.03 bits per heavy atom. The molecule has 3 atom stereocenters. The molecule has 2 N–H and O–H groups in total. The molecule has 1 aliphatic rings. The van der Waals surface area contributed by atoms with E-state index in [1.165, 1.54) is 14.0 Å². The largest absolute Gasteiger partial charge is 0.480 e. The van der Waals surface area contributed by atoms with Gasteiger partial charge in [0.25, 0.3) is 0 Å². The first-order valence-electron chi connectivity index (χ1n) is 12.5. The Morgan fingerprint density at radius 2 is 1.45 bits per heavy atom. The van der Waals surface area contributed by atoms with E-state index in [1.54, 1.807) is 6.92 Å². The highest BCUT2D eigenvalue weighted by molar-refractivity contribution is 5.89. The number of carboxylic acid groups (broad SMARTS) is 1. The van der Waals surface area contributed by atoms with Gasteiger partial charge in [0.15, 0.2) is 0 Å². The fourth-order valence-corrected chi connectivity index (χ4v) is 4.62. The van der Waals surface area contributed by atoms with Gasteiger partial charge in [-0.2, -0.15) is 0 Å². The molecule has 0 saturated carbocycles. The van der Waals surface area contributed by atoms with Crippen LogP contribution in [0, 0.1) is 0 Å². The normalized spacial score (nSPS) is 14.5. The quantitative estimate of drug-likeness (QED) is 0.413. The number of likely N-dealkylation sites (N-methyl/N-ethyl adjacent to an activating group) is 1. The lowest BCUT2D eigenvalue weighted by Crippen LogP contribution is -2.56. The first kappa shape index (κ1) is 26.9. The lowest BCUT2D eigenvalue weighted by molar-refractivity contribution is -0.150. The molecule has 8 nitrogen and oxygen atoms in total. The average Bonchev–Trinajstić information content (AvgIpc) is 3.26. The molecule has 198 valence electrons. The molecule has 1 aliphatic carbocycles. The van der Waals surface area contributed by atoms with Gasteiger partial charge in [-0.15, -0.1) is 0 Å². The Kier molecular flexibility index (Phi) is 8.43. The molecule has 8 heteroatoms. The van der Waals surface area contributed by atoms with Crippen LogP contribution in [-0.4, -0.2) is 59.8 Å². The summed E-state index contributed by atoms with van der Waals surface area (Å²) in [6, 6.07) is 23.2. The molecule has 0 aliphatic heterocycles. The molecule has 3 aromatic rings. The van der Waals surface area contributed by atoms with Crippen LogP contribution < -0.4 is 5.32 Å². The third-order valence-electron chi connectivity index (χ3n) is 6.99. The van der Waals surface area contributed by atoms with Gasteiger partial charge in [0.1, 0.15) is 18.7 Å². The van der Waals surface area contributed by atoms with E-state index in [0.717, 1.165) is 32.7 Å². The van der Waals surface area contributed by atoms with Crippen molar-refractivity contribution in [3.63, 3.8) is 0 Å². The minimum atomic E-state index is -1.15. The molecule has 1 unspecified atom stereocenters. The van der Waals surface area contributed by atoms with Crippen LogP contribution >= 0.6 is 0 Å². The maximum absolute atomic E-state index is 13.3. The van der Waals surface area contributed by atoms with Gasteiger partial charge in [0.2, 0.25) is 5.91 Å². The third kappa shape index (κ3) is 5.86. The summed E-state index contributed by atoms with van der Waals surface area (Å²) < 4.78 is 11.5. The molecule has 0 fully saturated rings. The monoisotopic (exact) mass is 516 g/mol. The number of fused-ring (bicyclic) bond motifs is 3. The van der Waals surface area contributed by atoms with Crippen molar-refractivity contribution in [1.29, 1.82) is 0 Å². The van der Waals surface area contributed by atoms with E-state index in [2.05, 4.69) is 5.32 Å². The maximum Gasteiger partial charge on any atom is 0.407 e. The van der Waals surface area contributed by atoms with Gasteiger partial charge >= 0.3 is 12.1 Å². The standard InChI is InChI=1S/C30H32N2O6/c1-19(29(34)35)32(3)28(33)27(20(2)37-17-21-11-5-4-6-12-21)31-30(36)38-18-26-24-15-9-7-13-22(24)23-14-8-10-16-25(23)26/h4-16,19-20,26-27H,17-18H2,1-3H3,(H,31,36)(H,34,35)/t19?,20-,27+/m0/s1. The molecule has 0 bridgehead atoms. The first-order chi connectivity index (χ1) is 18.3. The van der Waals surface area contributed by atoms with Crippen LogP contribution in [0.3, 0.4) is 0 Å². The summed E-state index contributed by atoms with van der Waals surface area (Å²) in [4.78, 5) is 38.8. The van der Waals surface area contributed by atoms with Gasteiger partial charge in [0.05, 0.1) is 12.7 Å². The Bertz CT molecular complexity index is 1250. The number of nitrogens with one attached hydrogen (secondary N) is 1. The van der Waals surface area contributed by atoms with Gasteiger partial charge in [-0.1, -0.05) is 78.9 Å². The number of benzene rings is 3. The minimum Gasteiger partial charge on any atom is -0.480 e. The second-order valence-corrected chi connectivity index (χ2v) is 9.41. The third-order valence-corrected chi connectivity index (χ3v) is 6.99. The van der Waals surface area contributed by atoms with Crippen LogP contribution in [0.15, 0.2) is 78.9 Å². The summed E-state index contributed by atoms with van der Waals surface area (Å²) in [5.74, 6) is -1.88. The molecule has 0 aromatic heterocycles. The van der Waals surface area contributed by atoms with Gasteiger partial charge in [-0.3, -0.25) is 4.79 Å². The highest BCUT2D eigenvalue weighted by atomic mass is 16.5. The number of ether oxygens (including phenoxy) is 2. The molecule has 0 spiro atoms. The Morgan fingerprint density at radius 1 is 0.895 bits per heavy atom. The second-order valence-electron chi connectivity index (χ2n) is 9.41. The predicted octanol–water partition coefficient (Wildman–Crippen LogP) is 4.43. The second kappa shape index (κ2) is 11.9. The molecular formula is C30H32N2O6. The molecule has 2 amide bonds. The molecule has 0 heterocycles. The van der Waals surface area contributed by atoms with Gasteiger partial charge in [-0.25, -0.2) is 9.59 Å². The lowest BCUT2D eigenvalue weighted by Gasteiger charge is -2.30. The Labute approximate surface area is 222 Å². The van der Waals surface area contributed by atoms with E-state index in [4.69, 9.17) is 9.47 Å². The summed E-state index contributed by atoms with van der Waals surface area (Å²) >= 11 is 0. The topological polar surface area (TPSA) is 105 Å². The summed E-state index contributed by atoms with van der Waals surface area (Å²) in [7, 11) is 1.39. The number of hydrogen-bond donors (Lipinski definition) is 2. The SMILES string of the molecule is CC(C(=O)O)N(C)C(=O)[C@H](NC(=O)OCC1c2ccccc2-c2ccccc21)[C@H](C)OCc1ccccc1. The van der Waals surface area contributed by atoms with Crippen molar-refractivity contribution in [3.8, 4) is 11.1 Å². The van der Waals surface area contributed by atoms with Crippen LogP contribution in [-0.2, 0) is 25.7 Å². The number of nitrogens with zero attached hydrogens (tertiary/aromatic N) is 1. The number of carboxylic acids is 1. The van der Waals surface area contributed by atoms with Crippen molar-refractivity contribution in [2.75, 3.05) is 13.7 Å².